The molecular formula is C21H30N2O3S. The van der Waals surface area contributed by atoms with Gasteiger partial charge in [-0.15, -0.1) is 0 Å². The molecule has 0 atom stereocenters. The van der Waals surface area contributed by atoms with Crippen LogP contribution in [0.15, 0.2) is 42.1 Å². The first-order valence-corrected chi connectivity index (χ1v) is 10.3. The molecule has 1 heterocycles. The summed E-state index contributed by atoms with van der Waals surface area (Å²) in [5, 5.41) is 0. The summed E-state index contributed by atoms with van der Waals surface area (Å²) in [4.78, 5) is 2.12. The highest BCUT2D eigenvalue weighted by Gasteiger charge is 2.10. The number of hydrogen-bond donors (Lipinski definition) is 0. The van der Waals surface area contributed by atoms with E-state index in [9.17, 15) is 13.0 Å². The molecule has 0 aliphatic heterocycles. The summed E-state index contributed by atoms with van der Waals surface area (Å²) < 4.78 is 32.9. The van der Waals surface area contributed by atoms with Crippen LogP contribution in [0.1, 0.15) is 36.2 Å². The number of rotatable bonds is 4. The van der Waals surface area contributed by atoms with E-state index in [0.29, 0.717) is 0 Å². The van der Waals surface area contributed by atoms with Crippen molar-refractivity contribution in [3.05, 3.63) is 64.5 Å². The van der Waals surface area contributed by atoms with E-state index in [1.54, 1.807) is 19.2 Å². The van der Waals surface area contributed by atoms with Crippen LogP contribution in [0.4, 0.5) is 5.69 Å². The molecule has 27 heavy (non-hydrogen) atoms. The smallest absolute Gasteiger partial charge is 0.236 e. The van der Waals surface area contributed by atoms with E-state index in [2.05, 4.69) is 64.0 Å². The molecule has 0 unspecified atom stereocenters. The number of allylic oxidation sites excluding steroid dienone is 1. The summed E-state index contributed by atoms with van der Waals surface area (Å²) in [7, 11) is -0.0738. The molecule has 5 nitrogen and oxygen atoms in total. The lowest BCUT2D eigenvalue weighted by Crippen LogP contribution is -2.40. The van der Waals surface area contributed by atoms with E-state index in [1.807, 2.05) is 13.0 Å². The van der Waals surface area contributed by atoms with Gasteiger partial charge >= 0.3 is 0 Å². The van der Waals surface area contributed by atoms with Gasteiger partial charge in [0.25, 0.3) is 0 Å². The van der Waals surface area contributed by atoms with Crippen LogP contribution in [0, 0.1) is 20.8 Å². The van der Waals surface area contributed by atoms with Gasteiger partial charge in [-0.1, -0.05) is 17.7 Å². The maximum atomic E-state index is 10.5. The Labute approximate surface area is 163 Å². The summed E-state index contributed by atoms with van der Waals surface area (Å²) in [6.07, 6.45) is 3.80. The van der Waals surface area contributed by atoms with E-state index in [1.165, 1.54) is 27.0 Å². The van der Waals surface area contributed by atoms with Crippen LogP contribution in [0.3, 0.4) is 0 Å². The van der Waals surface area contributed by atoms with Crippen LogP contribution in [-0.4, -0.2) is 27.1 Å². The van der Waals surface area contributed by atoms with Gasteiger partial charge in [0.2, 0.25) is 5.88 Å². The van der Waals surface area contributed by atoms with Crippen molar-refractivity contribution in [3.8, 4) is 0 Å². The standard InChI is InChI=1S/C13H19N.C8H11NO3S/c1-10(2)8-12-6-7-13(14(4)5)9-11(12)3;1-7-4-3-5-9(8(7)2)6-13(10,11)12/h6-9H,1-5H3;3-5H,6H2,1-2H3. The lowest BCUT2D eigenvalue weighted by atomic mass is 10.1. The van der Waals surface area contributed by atoms with E-state index in [-0.39, 0.29) is 0 Å². The van der Waals surface area contributed by atoms with Crippen molar-refractivity contribution in [2.45, 2.75) is 40.5 Å². The molecule has 2 aromatic rings. The largest absolute Gasteiger partial charge is 0.743 e. The van der Waals surface area contributed by atoms with Crippen LogP contribution in [0.5, 0.6) is 0 Å². The highest BCUT2D eigenvalue weighted by atomic mass is 32.2. The monoisotopic (exact) mass is 390 g/mol. The second-order valence-corrected chi connectivity index (χ2v) is 8.46. The number of aryl methyl sites for hydroxylation is 2. The second kappa shape index (κ2) is 9.67. The molecule has 6 heteroatoms. The minimum Gasteiger partial charge on any atom is -0.743 e. The fraction of sp³-hybridized carbons (Fsp3) is 0.381. The number of aromatic nitrogens is 1. The van der Waals surface area contributed by atoms with Gasteiger partial charge in [0.1, 0.15) is 0 Å². The summed E-state index contributed by atoms with van der Waals surface area (Å²) in [5.74, 6) is -0.499. The third-order valence-electron chi connectivity index (χ3n) is 4.12. The summed E-state index contributed by atoms with van der Waals surface area (Å²) in [6.45, 7) is 10.0. The molecule has 0 radical (unpaired) electrons. The Morgan fingerprint density at radius 1 is 1.11 bits per heavy atom. The number of benzene rings is 1. The van der Waals surface area contributed by atoms with Crippen molar-refractivity contribution in [1.29, 1.82) is 0 Å². The Morgan fingerprint density at radius 2 is 1.74 bits per heavy atom. The predicted octanol–water partition coefficient (Wildman–Crippen LogP) is 3.58. The van der Waals surface area contributed by atoms with Gasteiger partial charge in [0, 0.05) is 38.3 Å². The fourth-order valence-corrected chi connectivity index (χ4v) is 3.09. The number of hydrogen-bond acceptors (Lipinski definition) is 4. The molecule has 0 spiro atoms. The second-order valence-electron chi connectivity index (χ2n) is 7.09. The highest BCUT2D eigenvalue weighted by Crippen LogP contribution is 2.19. The molecule has 0 bridgehead atoms. The molecule has 0 amide bonds. The first kappa shape index (κ1) is 22.9. The number of anilines is 1. The molecule has 1 aromatic carbocycles. The molecule has 148 valence electrons. The minimum atomic E-state index is -4.20. The molecule has 0 saturated carbocycles. The molecule has 0 saturated heterocycles. The quantitative estimate of drug-likeness (QED) is 0.591. The van der Waals surface area contributed by atoms with Crippen LogP contribution in [0.2, 0.25) is 0 Å². The van der Waals surface area contributed by atoms with E-state index in [0.717, 1.165) is 11.3 Å². The van der Waals surface area contributed by atoms with Gasteiger partial charge in [0.05, 0.1) is 0 Å². The van der Waals surface area contributed by atoms with Crippen molar-refractivity contribution < 1.29 is 17.5 Å². The Kier molecular flexibility index (Phi) is 8.19. The van der Waals surface area contributed by atoms with Crippen LogP contribution >= 0.6 is 0 Å². The summed E-state index contributed by atoms with van der Waals surface area (Å²) in [6, 6.07) is 10.1. The zero-order valence-corrected chi connectivity index (χ0v) is 18.1. The normalized spacial score (nSPS) is 10.7. The van der Waals surface area contributed by atoms with Gasteiger partial charge in [0.15, 0.2) is 22.0 Å². The van der Waals surface area contributed by atoms with Gasteiger partial charge in [-0.3, -0.25) is 0 Å². The fourth-order valence-electron chi connectivity index (χ4n) is 2.47. The van der Waals surface area contributed by atoms with Gasteiger partial charge < -0.3 is 9.45 Å². The summed E-state index contributed by atoms with van der Waals surface area (Å²) >= 11 is 0. The lowest BCUT2D eigenvalue weighted by molar-refractivity contribution is -0.684. The maximum Gasteiger partial charge on any atom is 0.236 e. The highest BCUT2D eigenvalue weighted by molar-refractivity contribution is 7.84. The molecule has 0 aliphatic rings. The first-order valence-electron chi connectivity index (χ1n) is 8.73. The Bertz CT molecular complexity index is 913. The number of nitrogens with zero attached hydrogens (tertiary/aromatic N) is 2. The van der Waals surface area contributed by atoms with Crippen molar-refractivity contribution in [1.82, 2.24) is 0 Å². The molecule has 0 aliphatic carbocycles. The SMILES string of the molecule is CC(C)=Cc1ccc(N(C)C)cc1C.Cc1ccc[n+](CS(=O)(=O)[O-])c1C. The minimum absolute atomic E-state index is 0.499. The zero-order valence-electron chi connectivity index (χ0n) is 17.3. The van der Waals surface area contributed by atoms with Crippen LogP contribution in [-0.2, 0) is 16.0 Å². The first-order chi connectivity index (χ1) is 12.4. The molecular weight excluding hydrogens is 360 g/mol. The van der Waals surface area contributed by atoms with E-state index >= 15 is 0 Å². The third-order valence-corrected chi connectivity index (χ3v) is 4.72. The zero-order chi connectivity index (χ0) is 20.8. The van der Waals surface area contributed by atoms with Crippen molar-refractivity contribution in [3.63, 3.8) is 0 Å². The van der Waals surface area contributed by atoms with Crippen molar-refractivity contribution >= 4 is 21.9 Å². The molecule has 0 N–H and O–H groups in total. The summed E-state index contributed by atoms with van der Waals surface area (Å²) in [5.41, 5.74) is 7.00. The Morgan fingerprint density at radius 3 is 2.22 bits per heavy atom. The average molecular weight is 391 g/mol. The molecule has 2 rings (SSSR count). The van der Waals surface area contributed by atoms with Gasteiger partial charge in [-0.25, -0.2) is 8.42 Å². The van der Waals surface area contributed by atoms with Gasteiger partial charge in [-0.2, -0.15) is 4.57 Å². The van der Waals surface area contributed by atoms with Crippen molar-refractivity contribution in [2.24, 2.45) is 0 Å². The van der Waals surface area contributed by atoms with Crippen LogP contribution in [0.25, 0.3) is 6.08 Å². The van der Waals surface area contributed by atoms with Gasteiger partial charge in [-0.05, 0) is 57.0 Å². The molecule has 1 aromatic heterocycles. The van der Waals surface area contributed by atoms with E-state index < -0.39 is 16.0 Å². The van der Waals surface area contributed by atoms with Crippen LogP contribution < -0.4 is 9.47 Å². The maximum absolute atomic E-state index is 10.5. The lowest BCUT2D eigenvalue weighted by Gasteiger charge is -2.14. The van der Waals surface area contributed by atoms with Crippen molar-refractivity contribution in [2.75, 3.05) is 19.0 Å². The topological polar surface area (TPSA) is 64.3 Å². The third kappa shape index (κ3) is 7.93. The average Bonchev–Trinajstić information content (AvgIpc) is 2.52. The molecule has 0 fully saturated rings. The Balaban J connectivity index is 0.000000271. The van der Waals surface area contributed by atoms with E-state index in [4.69, 9.17) is 0 Å². The predicted molar refractivity (Wildman–Crippen MR) is 111 cm³/mol. The number of pyridine rings is 1. The Hall–Kier alpha value is -2.18.